The smallest absolute Gasteiger partial charge is 0.290 e. The van der Waals surface area contributed by atoms with Crippen LogP contribution < -0.4 is 21.1 Å². The van der Waals surface area contributed by atoms with E-state index in [1.54, 1.807) is 49.4 Å². The van der Waals surface area contributed by atoms with Crippen molar-refractivity contribution in [3.8, 4) is 5.75 Å². The number of rotatable bonds is 5. The van der Waals surface area contributed by atoms with E-state index in [0.29, 0.717) is 32.6 Å². The molecule has 150 valence electrons. The van der Waals surface area contributed by atoms with Gasteiger partial charge in [0.15, 0.2) is 12.3 Å². The lowest BCUT2D eigenvalue weighted by Gasteiger charge is -2.12. The van der Waals surface area contributed by atoms with Gasteiger partial charge in [-0.15, -0.1) is 0 Å². The number of fused-ring (bicyclic) bond motifs is 1. The zero-order chi connectivity index (χ0) is 21.0. The molecule has 0 fully saturated rings. The molecular weight excluding hydrogens is 464 g/mol. The third-order valence-electron chi connectivity index (χ3n) is 3.95. The molecule has 0 radical (unpaired) electrons. The van der Waals surface area contributed by atoms with E-state index in [1.807, 2.05) is 0 Å². The van der Waals surface area contributed by atoms with Gasteiger partial charge in [-0.2, -0.15) is 5.10 Å². The Balaban J connectivity index is 1.68. The maximum atomic E-state index is 12.5. The van der Waals surface area contributed by atoms with Gasteiger partial charge in [-0.3, -0.25) is 25.2 Å². The number of benzene rings is 2. The number of nitrogens with one attached hydrogen (secondary N) is 2. The van der Waals surface area contributed by atoms with Gasteiger partial charge in [0, 0.05) is 17.0 Å². The van der Waals surface area contributed by atoms with Crippen molar-refractivity contribution in [3.63, 3.8) is 0 Å². The van der Waals surface area contributed by atoms with E-state index < -0.39 is 11.8 Å². The number of carbonyl (C=O) groups excluding carboxylic acids is 2. The van der Waals surface area contributed by atoms with E-state index >= 15 is 0 Å². The topological polar surface area (TPSA) is 102 Å². The van der Waals surface area contributed by atoms with Gasteiger partial charge in [0.25, 0.3) is 17.4 Å². The SMILES string of the molecule is CCn1nc(C(=O)NNC(=O)COc2ccc(Cl)cc2Br)c2ccccc2c1=O. The van der Waals surface area contributed by atoms with Crippen molar-refractivity contribution in [2.45, 2.75) is 13.5 Å². The van der Waals surface area contributed by atoms with Crippen LogP contribution in [0.4, 0.5) is 0 Å². The molecule has 0 aliphatic heterocycles. The monoisotopic (exact) mass is 478 g/mol. The van der Waals surface area contributed by atoms with Gasteiger partial charge < -0.3 is 4.74 Å². The van der Waals surface area contributed by atoms with E-state index in [0.717, 1.165) is 0 Å². The number of ether oxygens (including phenoxy) is 1. The van der Waals surface area contributed by atoms with Crippen LogP contribution in [0.15, 0.2) is 51.7 Å². The van der Waals surface area contributed by atoms with Crippen molar-refractivity contribution in [1.29, 1.82) is 0 Å². The molecule has 2 N–H and O–H groups in total. The number of halogens is 2. The minimum atomic E-state index is -0.649. The van der Waals surface area contributed by atoms with Crippen molar-refractivity contribution in [2.75, 3.05) is 6.61 Å². The average Bonchev–Trinajstić information content (AvgIpc) is 2.72. The molecule has 10 heteroatoms. The Morgan fingerprint density at radius 2 is 1.90 bits per heavy atom. The van der Waals surface area contributed by atoms with Gasteiger partial charge in [-0.1, -0.05) is 29.8 Å². The van der Waals surface area contributed by atoms with E-state index in [2.05, 4.69) is 31.9 Å². The minimum absolute atomic E-state index is 0.0312. The van der Waals surface area contributed by atoms with Crippen LogP contribution in [-0.4, -0.2) is 28.2 Å². The maximum absolute atomic E-state index is 12.5. The standard InChI is InChI=1S/C19H16BrClN4O4/c1-2-25-19(28)13-6-4-3-5-12(13)17(24-25)18(27)23-22-16(26)10-29-15-8-7-11(21)9-14(15)20/h3-9H,2,10H2,1H3,(H,22,26)(H,23,27). The zero-order valence-corrected chi connectivity index (χ0v) is 17.6. The summed E-state index contributed by atoms with van der Waals surface area (Å²) < 4.78 is 7.18. The molecule has 8 nitrogen and oxygen atoms in total. The number of hydrogen-bond donors (Lipinski definition) is 2. The number of aromatic nitrogens is 2. The molecule has 0 saturated heterocycles. The summed E-state index contributed by atoms with van der Waals surface area (Å²) in [5.74, 6) is -0.795. The lowest BCUT2D eigenvalue weighted by atomic mass is 10.1. The summed E-state index contributed by atoms with van der Waals surface area (Å²) in [5, 5.41) is 5.39. The number of aryl methyl sites for hydroxylation is 1. The lowest BCUT2D eigenvalue weighted by molar-refractivity contribution is -0.123. The zero-order valence-electron chi connectivity index (χ0n) is 15.2. The molecule has 3 aromatic rings. The molecular formula is C19H16BrClN4O4. The quantitative estimate of drug-likeness (QED) is 0.548. The first-order valence-corrected chi connectivity index (χ1v) is 9.74. The highest BCUT2D eigenvalue weighted by Crippen LogP contribution is 2.27. The molecule has 29 heavy (non-hydrogen) atoms. The Labute approximate surface area is 178 Å². The fourth-order valence-corrected chi connectivity index (χ4v) is 3.37. The van der Waals surface area contributed by atoms with Crippen LogP contribution >= 0.6 is 27.5 Å². The molecule has 1 aromatic heterocycles. The van der Waals surface area contributed by atoms with Crippen LogP contribution in [0.5, 0.6) is 5.75 Å². The van der Waals surface area contributed by atoms with Crippen molar-refractivity contribution in [1.82, 2.24) is 20.6 Å². The highest BCUT2D eigenvalue weighted by atomic mass is 79.9. The van der Waals surface area contributed by atoms with E-state index in [-0.39, 0.29) is 17.9 Å². The predicted octanol–water partition coefficient (Wildman–Crippen LogP) is 2.67. The third-order valence-corrected chi connectivity index (χ3v) is 4.81. The van der Waals surface area contributed by atoms with Gasteiger partial charge in [-0.25, -0.2) is 4.68 Å². The van der Waals surface area contributed by atoms with E-state index in [1.165, 1.54) is 4.68 Å². The van der Waals surface area contributed by atoms with Crippen LogP contribution in [0.2, 0.25) is 5.02 Å². The van der Waals surface area contributed by atoms with Crippen molar-refractivity contribution >= 4 is 50.1 Å². The highest BCUT2D eigenvalue weighted by molar-refractivity contribution is 9.10. The molecule has 3 rings (SSSR count). The van der Waals surface area contributed by atoms with Crippen molar-refractivity contribution < 1.29 is 14.3 Å². The Kier molecular flexibility index (Phi) is 6.50. The first-order chi connectivity index (χ1) is 13.9. The number of amides is 2. The Morgan fingerprint density at radius 3 is 2.59 bits per heavy atom. The molecule has 0 saturated carbocycles. The fraction of sp³-hybridized carbons (Fsp3) is 0.158. The lowest BCUT2D eigenvalue weighted by Crippen LogP contribution is -2.44. The van der Waals surface area contributed by atoms with Gasteiger partial charge in [-0.05, 0) is 47.1 Å². The number of hydrazine groups is 1. The molecule has 2 aromatic carbocycles. The maximum Gasteiger partial charge on any atom is 0.290 e. The number of hydrogen-bond acceptors (Lipinski definition) is 5. The number of carbonyl (C=O) groups is 2. The van der Waals surface area contributed by atoms with Crippen LogP contribution in [-0.2, 0) is 11.3 Å². The van der Waals surface area contributed by atoms with Crippen molar-refractivity contribution in [3.05, 3.63) is 68.0 Å². The van der Waals surface area contributed by atoms with E-state index in [4.69, 9.17) is 16.3 Å². The van der Waals surface area contributed by atoms with Gasteiger partial charge in [0.05, 0.1) is 9.86 Å². The summed E-state index contributed by atoms with van der Waals surface area (Å²) in [6, 6.07) is 11.5. The average molecular weight is 480 g/mol. The highest BCUT2D eigenvalue weighted by Gasteiger charge is 2.17. The molecule has 1 heterocycles. The molecule has 0 spiro atoms. The molecule has 0 aliphatic rings. The van der Waals surface area contributed by atoms with Crippen LogP contribution in [0.3, 0.4) is 0 Å². The third kappa shape index (κ3) is 4.75. The summed E-state index contributed by atoms with van der Waals surface area (Å²) in [6.45, 7) is 1.72. The molecule has 2 amide bonds. The molecule has 0 aliphatic carbocycles. The first-order valence-electron chi connectivity index (χ1n) is 8.57. The van der Waals surface area contributed by atoms with Crippen molar-refractivity contribution in [2.24, 2.45) is 0 Å². The second kappa shape index (κ2) is 9.06. The Morgan fingerprint density at radius 1 is 1.17 bits per heavy atom. The summed E-state index contributed by atoms with van der Waals surface area (Å²) in [4.78, 5) is 36.9. The van der Waals surface area contributed by atoms with Gasteiger partial charge in [0.1, 0.15) is 5.75 Å². The van der Waals surface area contributed by atoms with Gasteiger partial charge >= 0.3 is 0 Å². The Bertz CT molecular complexity index is 1150. The summed E-state index contributed by atoms with van der Waals surface area (Å²) in [7, 11) is 0. The second-order valence-electron chi connectivity index (χ2n) is 5.88. The first kappa shape index (κ1) is 20.8. The summed E-state index contributed by atoms with van der Waals surface area (Å²) in [5.41, 5.74) is 4.30. The second-order valence-corrected chi connectivity index (χ2v) is 7.17. The molecule has 0 bridgehead atoms. The summed E-state index contributed by atoms with van der Waals surface area (Å²) >= 11 is 9.14. The normalized spacial score (nSPS) is 10.6. The molecule has 0 unspecified atom stereocenters. The summed E-state index contributed by atoms with van der Waals surface area (Å²) in [6.07, 6.45) is 0. The predicted molar refractivity (Wildman–Crippen MR) is 112 cm³/mol. The Hall–Kier alpha value is -2.91. The van der Waals surface area contributed by atoms with Crippen LogP contribution in [0, 0.1) is 0 Å². The van der Waals surface area contributed by atoms with Gasteiger partial charge in [0.2, 0.25) is 0 Å². The van der Waals surface area contributed by atoms with Crippen LogP contribution in [0.1, 0.15) is 17.4 Å². The largest absolute Gasteiger partial charge is 0.483 e. The van der Waals surface area contributed by atoms with E-state index in [9.17, 15) is 14.4 Å². The molecule has 0 atom stereocenters. The minimum Gasteiger partial charge on any atom is -0.483 e. The van der Waals surface area contributed by atoms with Crippen LogP contribution in [0.25, 0.3) is 10.8 Å². The fourth-order valence-electron chi connectivity index (χ4n) is 2.57. The number of nitrogens with zero attached hydrogens (tertiary/aromatic N) is 2.